The molecule has 0 aliphatic rings. The molecular weight excluding hydrogens is 222 g/mol. The zero-order chi connectivity index (χ0) is 12.8. The molecule has 5 heteroatoms. The third-order valence-electron chi connectivity index (χ3n) is 2.37. The first-order chi connectivity index (χ1) is 8.11. The van der Waals surface area contributed by atoms with Gasteiger partial charge in [0.15, 0.2) is 5.78 Å². The molecule has 5 nitrogen and oxygen atoms in total. The van der Waals surface area contributed by atoms with Gasteiger partial charge in [0.05, 0.1) is 19.1 Å². The second-order valence-corrected chi connectivity index (χ2v) is 3.54. The van der Waals surface area contributed by atoms with E-state index in [1.807, 2.05) is 0 Å². The molecule has 1 aromatic carbocycles. The predicted octanol–water partition coefficient (Wildman–Crippen LogP) is 0.170. The smallest absolute Gasteiger partial charge is 0.177 e. The molecule has 0 saturated heterocycles. The van der Waals surface area contributed by atoms with Crippen LogP contribution < -0.4 is 0 Å². The first-order valence-electron chi connectivity index (χ1n) is 5.08. The maximum absolute atomic E-state index is 11.6. The van der Waals surface area contributed by atoms with Crippen LogP contribution in [0.15, 0.2) is 24.3 Å². The van der Waals surface area contributed by atoms with Gasteiger partial charge >= 0.3 is 0 Å². The largest absolute Gasteiger partial charge is 0.394 e. The van der Waals surface area contributed by atoms with E-state index in [0.717, 1.165) is 0 Å². The van der Waals surface area contributed by atoms with E-state index < -0.39 is 24.6 Å². The summed E-state index contributed by atoms with van der Waals surface area (Å²) in [4.78, 5) is 11.6. The number of nitriles is 1. The van der Waals surface area contributed by atoms with Crippen molar-refractivity contribution in [3.63, 3.8) is 0 Å². The fourth-order valence-electron chi connectivity index (χ4n) is 1.48. The molecular formula is C12H13NO4. The Morgan fingerprint density at radius 1 is 1.35 bits per heavy atom. The van der Waals surface area contributed by atoms with E-state index >= 15 is 0 Å². The maximum atomic E-state index is 11.6. The molecule has 0 aliphatic heterocycles. The molecule has 1 rings (SSSR count). The Morgan fingerprint density at radius 2 is 2.00 bits per heavy atom. The van der Waals surface area contributed by atoms with Crippen molar-refractivity contribution in [1.29, 1.82) is 5.26 Å². The normalized spacial score (nSPS) is 13.8. The number of ketones is 1. The minimum atomic E-state index is -1.36. The van der Waals surface area contributed by atoms with Gasteiger partial charge in [-0.05, 0) is 5.56 Å². The van der Waals surface area contributed by atoms with Crippen LogP contribution in [0, 0.1) is 11.3 Å². The lowest BCUT2D eigenvalue weighted by molar-refractivity contribution is -0.0155. The van der Waals surface area contributed by atoms with Gasteiger partial charge in [0, 0.05) is 5.56 Å². The summed E-state index contributed by atoms with van der Waals surface area (Å²) >= 11 is 0. The highest BCUT2D eigenvalue weighted by atomic mass is 16.4. The van der Waals surface area contributed by atoms with Gasteiger partial charge in [-0.1, -0.05) is 24.3 Å². The average molecular weight is 235 g/mol. The number of carbonyl (C=O) groups is 1. The highest BCUT2D eigenvalue weighted by Crippen LogP contribution is 2.22. The summed E-state index contributed by atoms with van der Waals surface area (Å²) in [5, 5.41) is 36.3. The summed E-state index contributed by atoms with van der Waals surface area (Å²) in [6, 6.07) is 7.89. The SMILES string of the molecule is N#CCC(=O)c1ccccc1C(O)C(O)CO. The minimum absolute atomic E-state index is 0.189. The highest BCUT2D eigenvalue weighted by Gasteiger charge is 2.22. The van der Waals surface area contributed by atoms with E-state index in [-0.39, 0.29) is 17.5 Å². The van der Waals surface area contributed by atoms with Gasteiger partial charge < -0.3 is 15.3 Å². The molecule has 2 unspecified atom stereocenters. The fraction of sp³-hybridized carbons (Fsp3) is 0.333. The lowest BCUT2D eigenvalue weighted by atomic mass is 9.95. The van der Waals surface area contributed by atoms with Gasteiger partial charge in [-0.2, -0.15) is 5.26 Å². The standard InChI is InChI=1S/C12H13NO4/c13-6-5-10(15)8-3-1-2-4-9(8)12(17)11(16)7-14/h1-4,11-12,14,16-17H,5,7H2. The number of benzene rings is 1. The quantitative estimate of drug-likeness (QED) is 0.631. The third-order valence-corrected chi connectivity index (χ3v) is 2.37. The van der Waals surface area contributed by atoms with Crippen molar-refractivity contribution in [1.82, 2.24) is 0 Å². The Morgan fingerprint density at radius 3 is 2.59 bits per heavy atom. The second kappa shape index (κ2) is 6.11. The van der Waals surface area contributed by atoms with Crippen molar-refractivity contribution < 1.29 is 20.1 Å². The molecule has 0 saturated carbocycles. The molecule has 1 aromatic rings. The van der Waals surface area contributed by atoms with Crippen LogP contribution in [0.4, 0.5) is 0 Å². The maximum Gasteiger partial charge on any atom is 0.177 e. The lowest BCUT2D eigenvalue weighted by Gasteiger charge is -2.18. The number of Topliss-reactive ketones (excluding diaryl/α,β-unsaturated/α-hetero) is 1. The summed E-state index contributed by atoms with van der Waals surface area (Å²) < 4.78 is 0. The van der Waals surface area contributed by atoms with Gasteiger partial charge in [-0.15, -0.1) is 0 Å². The second-order valence-electron chi connectivity index (χ2n) is 3.54. The van der Waals surface area contributed by atoms with Crippen molar-refractivity contribution in [2.24, 2.45) is 0 Å². The zero-order valence-corrected chi connectivity index (χ0v) is 9.08. The lowest BCUT2D eigenvalue weighted by Crippen LogP contribution is -2.23. The van der Waals surface area contributed by atoms with Crippen molar-refractivity contribution in [2.45, 2.75) is 18.6 Å². The average Bonchev–Trinajstić information content (AvgIpc) is 2.37. The van der Waals surface area contributed by atoms with E-state index in [4.69, 9.17) is 10.4 Å². The molecule has 0 heterocycles. The number of carbonyl (C=O) groups excluding carboxylic acids is 1. The number of aliphatic hydroxyl groups is 3. The fourth-order valence-corrected chi connectivity index (χ4v) is 1.48. The van der Waals surface area contributed by atoms with Crippen molar-refractivity contribution >= 4 is 5.78 Å². The van der Waals surface area contributed by atoms with Crippen LogP contribution in [-0.2, 0) is 0 Å². The summed E-state index contributed by atoms with van der Waals surface area (Å²) in [5.41, 5.74) is 0.406. The van der Waals surface area contributed by atoms with Gasteiger partial charge in [0.2, 0.25) is 0 Å². The molecule has 0 aromatic heterocycles. The van der Waals surface area contributed by atoms with Crippen molar-refractivity contribution in [3.05, 3.63) is 35.4 Å². The number of nitrogens with zero attached hydrogens (tertiary/aromatic N) is 1. The van der Waals surface area contributed by atoms with Gasteiger partial charge in [-0.25, -0.2) is 0 Å². The monoisotopic (exact) mass is 235 g/mol. The first-order valence-corrected chi connectivity index (χ1v) is 5.08. The van der Waals surface area contributed by atoms with E-state index in [0.29, 0.717) is 0 Å². The minimum Gasteiger partial charge on any atom is -0.394 e. The van der Waals surface area contributed by atoms with E-state index in [9.17, 15) is 15.0 Å². The topological polar surface area (TPSA) is 102 Å². The van der Waals surface area contributed by atoms with Crippen molar-refractivity contribution in [3.8, 4) is 6.07 Å². The van der Waals surface area contributed by atoms with Crippen LogP contribution in [0.1, 0.15) is 28.4 Å². The molecule has 2 atom stereocenters. The van der Waals surface area contributed by atoms with Crippen LogP contribution in [0.2, 0.25) is 0 Å². The van der Waals surface area contributed by atoms with E-state index in [1.54, 1.807) is 18.2 Å². The number of hydrogen-bond acceptors (Lipinski definition) is 5. The van der Waals surface area contributed by atoms with Crippen molar-refractivity contribution in [2.75, 3.05) is 6.61 Å². The summed E-state index contributed by atoms with van der Waals surface area (Å²) in [6.45, 7) is -0.609. The Kier molecular flexibility index (Phi) is 4.79. The Hall–Kier alpha value is -1.74. The Bertz CT molecular complexity index is 438. The summed E-state index contributed by atoms with van der Waals surface area (Å²) in [7, 11) is 0. The van der Waals surface area contributed by atoms with E-state index in [2.05, 4.69) is 0 Å². The van der Waals surface area contributed by atoms with Crippen LogP contribution in [0.3, 0.4) is 0 Å². The van der Waals surface area contributed by atoms with Crippen LogP contribution in [0.5, 0.6) is 0 Å². The Balaban J connectivity index is 3.08. The van der Waals surface area contributed by atoms with Gasteiger partial charge in [-0.3, -0.25) is 4.79 Å². The molecule has 0 aliphatic carbocycles. The first kappa shape index (κ1) is 13.3. The molecule has 0 radical (unpaired) electrons. The van der Waals surface area contributed by atoms with Gasteiger partial charge in [0.1, 0.15) is 12.2 Å². The van der Waals surface area contributed by atoms with E-state index in [1.165, 1.54) is 12.1 Å². The van der Waals surface area contributed by atoms with Gasteiger partial charge in [0.25, 0.3) is 0 Å². The van der Waals surface area contributed by atoms with Crippen LogP contribution in [0.25, 0.3) is 0 Å². The molecule has 0 spiro atoms. The zero-order valence-electron chi connectivity index (χ0n) is 9.08. The molecule has 0 bridgehead atoms. The molecule has 90 valence electrons. The predicted molar refractivity (Wildman–Crippen MR) is 59.1 cm³/mol. The molecule has 0 fully saturated rings. The number of hydrogen-bond donors (Lipinski definition) is 3. The Labute approximate surface area is 98.6 Å². The van der Waals surface area contributed by atoms with Crippen LogP contribution >= 0.6 is 0 Å². The highest BCUT2D eigenvalue weighted by molar-refractivity contribution is 5.98. The third kappa shape index (κ3) is 3.11. The number of aliphatic hydroxyl groups excluding tert-OH is 3. The summed E-state index contributed by atoms with van der Waals surface area (Å²) in [6.07, 6.45) is -3.00. The molecule has 17 heavy (non-hydrogen) atoms. The molecule has 3 N–H and O–H groups in total. The summed E-state index contributed by atoms with van der Waals surface area (Å²) in [5.74, 6) is -0.424. The van der Waals surface area contributed by atoms with Crippen LogP contribution in [-0.4, -0.2) is 33.8 Å². The molecule has 0 amide bonds. The number of rotatable bonds is 5.